The summed E-state index contributed by atoms with van der Waals surface area (Å²) in [4.78, 5) is 2.75. The molecule has 0 nitrogen and oxygen atoms in total. The van der Waals surface area contributed by atoms with E-state index < -0.39 is 13.8 Å². The van der Waals surface area contributed by atoms with Gasteiger partial charge in [0.1, 0.15) is 0 Å². The van der Waals surface area contributed by atoms with Crippen LogP contribution in [0.5, 0.6) is 0 Å². The summed E-state index contributed by atoms with van der Waals surface area (Å²) in [6, 6.07) is 13.8. The molecule has 2 aliphatic rings. The van der Waals surface area contributed by atoms with Gasteiger partial charge in [-0.1, -0.05) is 0 Å². The minimum atomic E-state index is -6.03. The monoisotopic (exact) mass is 757 g/mol. The fourth-order valence-electron chi connectivity index (χ4n) is 6.41. The van der Waals surface area contributed by atoms with Crippen LogP contribution in [0.2, 0.25) is 13.1 Å². The van der Waals surface area contributed by atoms with Gasteiger partial charge in [-0.25, -0.2) is 0 Å². The fourth-order valence-corrected chi connectivity index (χ4v) is 58.0. The number of halogens is 4. The molecule has 34 heavy (non-hydrogen) atoms. The van der Waals surface area contributed by atoms with Crippen LogP contribution in [0.1, 0.15) is 43.4 Å². The Kier molecular flexibility index (Phi) is 6.57. The fraction of sp³-hybridized carbons (Fsp3) is 0.385. The van der Waals surface area contributed by atoms with Crippen molar-refractivity contribution in [1.82, 2.24) is 0 Å². The second kappa shape index (κ2) is 7.90. The van der Waals surface area contributed by atoms with Crippen LogP contribution in [0.3, 0.4) is 0 Å². The molecule has 8 heteroatoms. The summed E-state index contributed by atoms with van der Waals surface area (Å²) in [7, 11) is 11.3. The van der Waals surface area contributed by atoms with Gasteiger partial charge in [0.2, 0.25) is 0 Å². The molecule has 0 aliphatic heterocycles. The van der Waals surface area contributed by atoms with Crippen molar-refractivity contribution in [3.05, 3.63) is 69.8 Å². The summed E-state index contributed by atoms with van der Waals surface area (Å²) < 4.78 is -0.172. The van der Waals surface area contributed by atoms with Crippen molar-refractivity contribution in [2.45, 2.75) is 44.0 Å². The van der Waals surface area contributed by atoms with Crippen molar-refractivity contribution >= 4 is 81.3 Å². The maximum absolute atomic E-state index is 8.48. The molecule has 0 fully saturated rings. The van der Waals surface area contributed by atoms with Gasteiger partial charge in [-0.15, -0.1) is 0 Å². The van der Waals surface area contributed by atoms with Gasteiger partial charge >= 0.3 is 228 Å². The van der Waals surface area contributed by atoms with Crippen LogP contribution < -0.4 is 0 Å². The molecular weight excluding hydrogens is 726 g/mol. The third-order valence-corrected chi connectivity index (χ3v) is 116. The van der Waals surface area contributed by atoms with Gasteiger partial charge in [0.15, 0.2) is 0 Å². The van der Waals surface area contributed by atoms with E-state index in [9.17, 15) is 0 Å². The summed E-state index contributed by atoms with van der Waals surface area (Å²) in [5.74, 6) is -1.83. The molecule has 2 unspecified atom stereocenters. The molecule has 0 bridgehead atoms. The molecule has 0 N–H and O–H groups in total. The number of rotatable bonds is 5. The van der Waals surface area contributed by atoms with Gasteiger partial charge in [0.05, 0.1) is 0 Å². The summed E-state index contributed by atoms with van der Waals surface area (Å²) >= 11 is 8.91. The minimum absolute atomic E-state index is 0.0859. The van der Waals surface area contributed by atoms with Gasteiger partial charge in [0.25, 0.3) is 0 Å². The first-order chi connectivity index (χ1) is 15.4. The third-order valence-electron chi connectivity index (χ3n) is 8.44. The standard InChI is InChI=1S/2C12H14S.C2H7Si.2BrH.2ClH.Zr/c2*1-9-6-10-4-5-12(13(2)3)8-11(10)7-9;1-3-2;;;;;/h2*4-8H,1-3H3;3H,1-2H3;4*1H;/q2*+1;;;;;;+4/p-4. The zero-order valence-electron chi connectivity index (χ0n) is 21.2. The Labute approximate surface area is 225 Å². The first-order valence-electron chi connectivity index (χ1n) is 11.6. The van der Waals surface area contributed by atoms with E-state index in [0.29, 0.717) is 0 Å². The zero-order valence-corrected chi connectivity index (χ0v) is 31.1. The number of hydrogen-bond donors (Lipinski definition) is 0. The zero-order chi connectivity index (χ0) is 25.5. The summed E-state index contributed by atoms with van der Waals surface area (Å²) in [6.07, 6.45) is 13.7. The summed E-state index contributed by atoms with van der Waals surface area (Å²) in [5, 5.41) is 0. The number of benzene rings is 2. The SMILES string of the molecule is CC1=Cc2cc([S+](C)C)ccc2[CH]1[Zr]([Cl])([Cl])([Br])([Br])([CH]1C(C)=Cc2cc([S+](C)C)ccc21)[SiH](C)C. The van der Waals surface area contributed by atoms with Crippen LogP contribution in [0, 0.1) is 0 Å². The molecule has 2 atom stereocenters. The Balaban J connectivity index is 2.06. The van der Waals surface area contributed by atoms with Crippen LogP contribution in [0.15, 0.2) is 57.3 Å². The molecule has 0 spiro atoms. The normalized spacial score (nSPS) is 23.2. The van der Waals surface area contributed by atoms with Crippen molar-refractivity contribution in [2.24, 2.45) is 0 Å². The van der Waals surface area contributed by atoms with Gasteiger partial charge in [-0.05, 0) is 0 Å². The quantitative estimate of drug-likeness (QED) is 0.211. The Morgan fingerprint density at radius 2 is 1.09 bits per heavy atom. The van der Waals surface area contributed by atoms with Crippen LogP contribution in [0.25, 0.3) is 12.2 Å². The van der Waals surface area contributed by atoms with Crippen LogP contribution in [-0.2, 0) is 29.7 Å². The number of allylic oxidation sites excluding steroid dienone is 2. The Bertz CT molecular complexity index is 1220. The van der Waals surface area contributed by atoms with Crippen LogP contribution in [0.4, 0.5) is 0 Å². The van der Waals surface area contributed by atoms with E-state index in [4.69, 9.17) is 17.0 Å². The van der Waals surface area contributed by atoms with E-state index in [1.807, 2.05) is 0 Å². The average molecular weight is 762 g/mol. The molecule has 2 aromatic carbocycles. The molecule has 2 aliphatic carbocycles. The summed E-state index contributed by atoms with van der Waals surface area (Å²) in [6.45, 7) is 9.09. The van der Waals surface area contributed by atoms with Crippen molar-refractivity contribution in [3.63, 3.8) is 0 Å². The average Bonchev–Trinajstić information content (AvgIpc) is 3.22. The van der Waals surface area contributed by atoms with Crippen molar-refractivity contribution in [2.75, 3.05) is 25.0 Å². The maximum atomic E-state index is 8.48. The van der Waals surface area contributed by atoms with Gasteiger partial charge in [-0.2, -0.15) is 0 Å². The molecule has 0 amide bonds. The van der Waals surface area contributed by atoms with E-state index >= 15 is 0 Å². The third kappa shape index (κ3) is 3.81. The van der Waals surface area contributed by atoms with E-state index in [2.05, 4.69) is 125 Å². The Morgan fingerprint density at radius 3 is 1.38 bits per heavy atom. The molecule has 185 valence electrons. The molecule has 0 aromatic heterocycles. The topological polar surface area (TPSA) is 0 Å². The number of hydrogen-bond acceptors (Lipinski definition) is 0. The van der Waals surface area contributed by atoms with Gasteiger partial charge in [0, 0.05) is 0 Å². The molecule has 0 saturated heterocycles. The van der Waals surface area contributed by atoms with Crippen molar-refractivity contribution in [1.29, 1.82) is 0 Å². The van der Waals surface area contributed by atoms with E-state index in [1.165, 1.54) is 43.2 Å². The van der Waals surface area contributed by atoms with E-state index in [-0.39, 0.29) is 29.0 Å². The van der Waals surface area contributed by atoms with E-state index in [0.717, 1.165) is 0 Å². The first-order valence-corrected chi connectivity index (χ1v) is 43.2. The van der Waals surface area contributed by atoms with Crippen LogP contribution in [-0.4, -0.2) is 30.9 Å². The molecule has 0 radical (unpaired) electrons. The predicted molar refractivity (Wildman–Crippen MR) is 169 cm³/mol. The Hall–Kier alpha value is 1.26. The summed E-state index contributed by atoms with van der Waals surface area (Å²) in [5.41, 5.74) is 7.55. The van der Waals surface area contributed by atoms with Crippen LogP contribution >= 0.6 is 41.5 Å². The second-order valence-corrected chi connectivity index (χ2v) is 128. The molecule has 4 rings (SSSR count). The van der Waals surface area contributed by atoms with E-state index in [1.54, 1.807) is 0 Å². The van der Waals surface area contributed by atoms with Gasteiger partial charge in [-0.3, -0.25) is 0 Å². The second-order valence-electron chi connectivity index (χ2n) is 11.2. The first kappa shape index (κ1) is 28.3. The molecule has 0 heterocycles. The molecule has 2 aromatic rings. The van der Waals surface area contributed by atoms with Crippen molar-refractivity contribution < 1.29 is 7.89 Å². The van der Waals surface area contributed by atoms with Gasteiger partial charge < -0.3 is 0 Å². The predicted octanol–water partition coefficient (Wildman–Crippen LogP) is 9.45. The Morgan fingerprint density at radius 1 is 0.735 bits per heavy atom. The number of fused-ring (bicyclic) bond motifs is 2. The molecular formula is C26H35Br2Cl2S2SiZr+2. The van der Waals surface area contributed by atoms with Crippen molar-refractivity contribution in [3.8, 4) is 0 Å². The molecule has 0 saturated carbocycles.